The molecule has 0 saturated heterocycles. The fourth-order valence-electron chi connectivity index (χ4n) is 2.46. The summed E-state index contributed by atoms with van der Waals surface area (Å²) in [4.78, 5) is 17.7. The molecule has 4 nitrogen and oxygen atoms in total. The number of hydrogen-bond donors (Lipinski definition) is 1. The second-order valence-electron chi connectivity index (χ2n) is 5.66. The van der Waals surface area contributed by atoms with E-state index in [0.717, 1.165) is 17.1 Å². The number of amides is 1. The number of nitrogens with one attached hydrogen (secondary N) is 1. The first-order valence-corrected chi connectivity index (χ1v) is 8.95. The molecule has 0 aliphatic heterocycles. The topological polar surface area (TPSA) is 51.2 Å². The summed E-state index contributed by atoms with van der Waals surface area (Å²) < 4.78 is 5.32. The summed E-state index contributed by atoms with van der Waals surface area (Å²) in [7, 11) is 0. The lowest BCUT2D eigenvalue weighted by Crippen LogP contribution is -2.11. The molecule has 0 aliphatic carbocycles. The summed E-state index contributed by atoms with van der Waals surface area (Å²) >= 11 is 1.43. The number of nitrogens with zero attached hydrogens (tertiary/aromatic N) is 1. The Morgan fingerprint density at radius 3 is 2.62 bits per heavy atom. The second-order valence-corrected chi connectivity index (χ2v) is 6.74. The van der Waals surface area contributed by atoms with E-state index in [1.165, 1.54) is 16.9 Å². The Bertz CT molecular complexity index is 925. The number of terminal acetylenes is 1. The van der Waals surface area contributed by atoms with Gasteiger partial charge in [0.05, 0.1) is 10.7 Å². The first-order valence-electron chi connectivity index (χ1n) is 8.13. The van der Waals surface area contributed by atoms with Crippen LogP contribution in [-0.4, -0.2) is 17.5 Å². The number of hydrogen-bond acceptors (Lipinski definition) is 4. The van der Waals surface area contributed by atoms with Gasteiger partial charge in [0.15, 0.2) is 0 Å². The molecule has 0 unspecified atom stereocenters. The molecule has 1 heterocycles. The van der Waals surface area contributed by atoms with E-state index >= 15 is 0 Å². The van der Waals surface area contributed by atoms with Crippen molar-refractivity contribution in [1.82, 2.24) is 4.98 Å². The van der Waals surface area contributed by atoms with Gasteiger partial charge in [-0.25, -0.2) is 4.98 Å². The molecule has 5 heteroatoms. The molecule has 0 saturated carbocycles. The van der Waals surface area contributed by atoms with Crippen LogP contribution in [0.1, 0.15) is 25.9 Å². The molecule has 0 radical (unpaired) electrons. The fraction of sp³-hybridized carbons (Fsp3) is 0.143. The minimum atomic E-state index is -0.156. The van der Waals surface area contributed by atoms with E-state index in [9.17, 15) is 4.79 Å². The molecule has 130 valence electrons. The Balaban J connectivity index is 1.67. The maximum Gasteiger partial charge on any atom is 0.267 e. The van der Waals surface area contributed by atoms with E-state index in [4.69, 9.17) is 11.2 Å². The van der Waals surface area contributed by atoms with Crippen LogP contribution in [0.15, 0.2) is 54.6 Å². The van der Waals surface area contributed by atoms with Gasteiger partial charge in [-0.1, -0.05) is 36.3 Å². The highest BCUT2D eigenvalue weighted by atomic mass is 32.1. The van der Waals surface area contributed by atoms with Crippen molar-refractivity contribution >= 4 is 22.9 Å². The number of carbonyl (C=O) groups is 1. The maximum atomic E-state index is 12.6. The zero-order valence-corrected chi connectivity index (χ0v) is 15.2. The number of benzene rings is 2. The summed E-state index contributed by atoms with van der Waals surface area (Å²) in [5.41, 5.74) is 2.61. The van der Waals surface area contributed by atoms with Gasteiger partial charge in [-0.15, -0.1) is 17.8 Å². The average molecular weight is 362 g/mol. The Morgan fingerprint density at radius 2 is 1.92 bits per heavy atom. The van der Waals surface area contributed by atoms with Crippen LogP contribution in [0.25, 0.3) is 0 Å². The average Bonchev–Trinajstić information content (AvgIpc) is 3.02. The quantitative estimate of drug-likeness (QED) is 0.665. The molecule has 1 amide bonds. The summed E-state index contributed by atoms with van der Waals surface area (Å²) in [6.07, 6.45) is 5.89. The van der Waals surface area contributed by atoms with Crippen molar-refractivity contribution in [3.63, 3.8) is 0 Å². The Labute approximate surface area is 156 Å². The lowest BCUT2D eigenvalue weighted by molar-refractivity contribution is 0.103. The van der Waals surface area contributed by atoms with E-state index in [2.05, 4.69) is 28.4 Å². The summed E-state index contributed by atoms with van der Waals surface area (Å²) in [6.45, 7) is 2.08. The molecule has 0 aliphatic rings. The van der Waals surface area contributed by atoms with Crippen molar-refractivity contribution in [1.29, 1.82) is 0 Å². The van der Waals surface area contributed by atoms with Crippen molar-refractivity contribution in [3.05, 3.63) is 75.7 Å². The molecule has 1 N–H and O–H groups in total. The molecule has 1 aromatic heterocycles. The van der Waals surface area contributed by atoms with Crippen LogP contribution < -0.4 is 10.1 Å². The SMILES string of the molecule is C#CCOc1ccc(NC(=O)c2sc(Cc3ccccc3)nc2C)cc1. The molecule has 2 aromatic carbocycles. The van der Waals surface area contributed by atoms with Crippen molar-refractivity contribution in [3.8, 4) is 18.1 Å². The molecular weight excluding hydrogens is 344 g/mol. The monoisotopic (exact) mass is 362 g/mol. The molecule has 0 atom stereocenters. The van der Waals surface area contributed by atoms with Gasteiger partial charge in [-0.2, -0.15) is 0 Å². The van der Waals surface area contributed by atoms with Gasteiger partial charge in [0.2, 0.25) is 0 Å². The zero-order valence-electron chi connectivity index (χ0n) is 14.4. The second kappa shape index (κ2) is 8.32. The predicted octanol–water partition coefficient (Wildman–Crippen LogP) is 4.31. The largest absolute Gasteiger partial charge is 0.481 e. The van der Waals surface area contributed by atoms with Crippen LogP contribution in [0.4, 0.5) is 5.69 Å². The first kappa shape index (κ1) is 17.7. The van der Waals surface area contributed by atoms with Gasteiger partial charge in [-0.3, -0.25) is 4.79 Å². The van der Waals surface area contributed by atoms with Gasteiger partial charge in [0.1, 0.15) is 17.2 Å². The number of ether oxygens (including phenoxy) is 1. The van der Waals surface area contributed by atoms with Crippen LogP contribution in [0.2, 0.25) is 0 Å². The summed E-state index contributed by atoms with van der Waals surface area (Å²) in [5, 5.41) is 3.82. The fourth-order valence-corrected chi connectivity index (χ4v) is 3.45. The normalized spacial score (nSPS) is 10.2. The van der Waals surface area contributed by atoms with Crippen LogP contribution in [-0.2, 0) is 6.42 Å². The van der Waals surface area contributed by atoms with Crippen LogP contribution in [0.3, 0.4) is 0 Å². The van der Waals surface area contributed by atoms with Crippen LogP contribution in [0, 0.1) is 19.3 Å². The minimum Gasteiger partial charge on any atom is -0.481 e. The summed E-state index contributed by atoms with van der Waals surface area (Å²) in [5.74, 6) is 2.92. The molecule has 0 bridgehead atoms. The van der Waals surface area contributed by atoms with Gasteiger partial charge < -0.3 is 10.1 Å². The highest BCUT2D eigenvalue weighted by Crippen LogP contribution is 2.23. The number of thiazole rings is 1. The number of aryl methyl sites for hydroxylation is 1. The Hall–Kier alpha value is -3.10. The Morgan fingerprint density at radius 1 is 1.19 bits per heavy atom. The number of anilines is 1. The molecule has 0 spiro atoms. The zero-order chi connectivity index (χ0) is 18.4. The minimum absolute atomic E-state index is 0.156. The summed E-state index contributed by atoms with van der Waals surface area (Å²) in [6, 6.07) is 17.2. The predicted molar refractivity (Wildman–Crippen MR) is 105 cm³/mol. The number of aromatic nitrogens is 1. The van der Waals surface area contributed by atoms with Crippen molar-refractivity contribution in [2.24, 2.45) is 0 Å². The highest BCUT2D eigenvalue weighted by molar-refractivity contribution is 7.14. The van der Waals surface area contributed by atoms with E-state index in [0.29, 0.717) is 16.3 Å². The smallest absolute Gasteiger partial charge is 0.267 e. The van der Waals surface area contributed by atoms with Gasteiger partial charge in [0.25, 0.3) is 5.91 Å². The molecule has 3 rings (SSSR count). The van der Waals surface area contributed by atoms with Gasteiger partial charge in [0, 0.05) is 12.1 Å². The van der Waals surface area contributed by atoms with Crippen LogP contribution >= 0.6 is 11.3 Å². The lowest BCUT2D eigenvalue weighted by atomic mass is 10.2. The third kappa shape index (κ3) is 4.50. The van der Waals surface area contributed by atoms with E-state index in [1.54, 1.807) is 24.3 Å². The molecular formula is C21H18N2O2S. The van der Waals surface area contributed by atoms with Crippen molar-refractivity contribution in [2.75, 3.05) is 11.9 Å². The lowest BCUT2D eigenvalue weighted by Gasteiger charge is -2.06. The third-order valence-corrected chi connectivity index (χ3v) is 4.84. The van der Waals surface area contributed by atoms with E-state index in [1.807, 2.05) is 25.1 Å². The third-order valence-electron chi connectivity index (χ3n) is 3.68. The highest BCUT2D eigenvalue weighted by Gasteiger charge is 2.15. The molecule has 0 fully saturated rings. The van der Waals surface area contributed by atoms with Crippen molar-refractivity contribution < 1.29 is 9.53 Å². The van der Waals surface area contributed by atoms with Crippen molar-refractivity contribution in [2.45, 2.75) is 13.3 Å². The standard InChI is InChI=1S/C21H18N2O2S/c1-3-13-25-18-11-9-17(10-12-18)23-21(24)20-15(2)22-19(26-20)14-16-7-5-4-6-8-16/h1,4-12H,13-14H2,2H3,(H,23,24). The number of rotatable bonds is 6. The van der Waals surface area contributed by atoms with E-state index < -0.39 is 0 Å². The van der Waals surface area contributed by atoms with E-state index in [-0.39, 0.29) is 12.5 Å². The molecule has 26 heavy (non-hydrogen) atoms. The van der Waals surface area contributed by atoms with Gasteiger partial charge >= 0.3 is 0 Å². The maximum absolute atomic E-state index is 12.6. The van der Waals surface area contributed by atoms with Crippen LogP contribution in [0.5, 0.6) is 5.75 Å². The first-order chi connectivity index (χ1) is 12.7. The molecule has 3 aromatic rings. The van der Waals surface area contributed by atoms with Gasteiger partial charge in [-0.05, 0) is 36.8 Å². The number of carbonyl (C=O) groups excluding carboxylic acids is 1. The Kier molecular flexibility index (Phi) is 5.67.